The molecule has 7 nitrogen and oxygen atoms in total. The topological polar surface area (TPSA) is 95.0 Å². The number of carboxylic acids is 1. The standard InChI is InChI=1S/C34H29N5O2/c40-34(41)26-14-15-29-30(20-26)36-32(31(35-29)23-6-2-1-3-7-23)24-12-10-22(11-13-24)21-39-18-16-25(17-19-39)33-37-27-8-4-5-9-28(27)38-33/h1-15,20,25H,16-19,21H2,(H,37,38)(H,40,41). The van der Waals surface area contributed by atoms with Crippen molar-refractivity contribution in [3.8, 4) is 22.5 Å². The molecular formula is C34H29N5O2. The Balaban J connectivity index is 1.11. The van der Waals surface area contributed by atoms with Gasteiger partial charge in [0.2, 0.25) is 0 Å². The van der Waals surface area contributed by atoms with E-state index in [-0.39, 0.29) is 5.56 Å². The number of para-hydroxylation sites is 2. The Morgan fingerprint density at radius 3 is 2.17 bits per heavy atom. The summed E-state index contributed by atoms with van der Waals surface area (Å²) in [5.41, 5.74) is 8.27. The molecule has 6 aromatic rings. The van der Waals surface area contributed by atoms with Crippen LogP contribution >= 0.6 is 0 Å². The van der Waals surface area contributed by atoms with Gasteiger partial charge in [0.15, 0.2) is 0 Å². The molecule has 4 aromatic carbocycles. The molecule has 3 heterocycles. The zero-order valence-electron chi connectivity index (χ0n) is 22.5. The normalized spacial score (nSPS) is 14.5. The van der Waals surface area contributed by atoms with Crippen molar-refractivity contribution in [1.82, 2.24) is 24.8 Å². The highest BCUT2D eigenvalue weighted by molar-refractivity contribution is 5.94. The summed E-state index contributed by atoms with van der Waals surface area (Å²) in [4.78, 5) is 32.2. The molecule has 0 atom stereocenters. The molecule has 2 N–H and O–H groups in total. The van der Waals surface area contributed by atoms with Crippen LogP contribution in [0, 0.1) is 0 Å². The molecule has 1 saturated heterocycles. The Bertz CT molecular complexity index is 1820. The van der Waals surface area contributed by atoms with Crippen molar-refractivity contribution in [2.24, 2.45) is 0 Å². The third-order valence-electron chi connectivity index (χ3n) is 7.97. The monoisotopic (exact) mass is 539 g/mol. The van der Waals surface area contributed by atoms with E-state index in [4.69, 9.17) is 15.0 Å². The molecule has 41 heavy (non-hydrogen) atoms. The maximum atomic E-state index is 11.6. The number of aromatic amines is 1. The second kappa shape index (κ2) is 10.6. The quantitative estimate of drug-likeness (QED) is 0.239. The van der Waals surface area contributed by atoms with Gasteiger partial charge >= 0.3 is 5.97 Å². The van der Waals surface area contributed by atoms with E-state index in [9.17, 15) is 9.90 Å². The van der Waals surface area contributed by atoms with Crippen molar-refractivity contribution in [2.75, 3.05) is 13.1 Å². The molecule has 202 valence electrons. The minimum absolute atomic E-state index is 0.199. The lowest BCUT2D eigenvalue weighted by Gasteiger charge is -2.31. The van der Waals surface area contributed by atoms with Crippen LogP contribution in [0.25, 0.3) is 44.6 Å². The van der Waals surface area contributed by atoms with Crippen molar-refractivity contribution in [1.29, 1.82) is 0 Å². The number of rotatable bonds is 6. The number of nitrogens with one attached hydrogen (secondary N) is 1. The molecule has 0 amide bonds. The molecule has 1 aliphatic rings. The maximum absolute atomic E-state index is 11.6. The summed E-state index contributed by atoms with van der Waals surface area (Å²) < 4.78 is 0. The van der Waals surface area contributed by atoms with Crippen molar-refractivity contribution in [3.63, 3.8) is 0 Å². The second-order valence-corrected chi connectivity index (χ2v) is 10.7. The lowest BCUT2D eigenvalue weighted by atomic mass is 9.95. The zero-order chi connectivity index (χ0) is 27.8. The summed E-state index contributed by atoms with van der Waals surface area (Å²) in [6.07, 6.45) is 2.17. The smallest absolute Gasteiger partial charge is 0.335 e. The predicted octanol–water partition coefficient (Wildman–Crippen LogP) is 6.92. The number of aromatic nitrogens is 4. The number of hydrogen-bond acceptors (Lipinski definition) is 5. The Hall–Kier alpha value is -4.88. The molecule has 1 fully saturated rings. The number of piperidine rings is 1. The van der Waals surface area contributed by atoms with Gasteiger partial charge in [-0.1, -0.05) is 66.7 Å². The number of fused-ring (bicyclic) bond motifs is 2. The van der Waals surface area contributed by atoms with Crippen LogP contribution in [-0.4, -0.2) is 49.0 Å². The van der Waals surface area contributed by atoms with Crippen LogP contribution in [0.1, 0.15) is 40.5 Å². The van der Waals surface area contributed by atoms with E-state index in [1.165, 1.54) is 5.56 Å². The number of nitrogens with zero attached hydrogens (tertiary/aromatic N) is 4. The Morgan fingerprint density at radius 2 is 1.44 bits per heavy atom. The van der Waals surface area contributed by atoms with Gasteiger partial charge in [0.1, 0.15) is 5.82 Å². The molecule has 0 saturated carbocycles. The fraction of sp³-hybridized carbons (Fsp3) is 0.176. The fourth-order valence-electron chi connectivity index (χ4n) is 5.74. The first-order chi connectivity index (χ1) is 20.1. The lowest BCUT2D eigenvalue weighted by Crippen LogP contribution is -2.32. The van der Waals surface area contributed by atoms with Crippen LogP contribution in [0.3, 0.4) is 0 Å². The highest BCUT2D eigenvalue weighted by Crippen LogP contribution is 2.32. The molecule has 1 aliphatic heterocycles. The van der Waals surface area contributed by atoms with Crippen LogP contribution in [0.5, 0.6) is 0 Å². The van der Waals surface area contributed by atoms with E-state index in [0.29, 0.717) is 17.0 Å². The van der Waals surface area contributed by atoms with E-state index < -0.39 is 5.97 Å². The van der Waals surface area contributed by atoms with Gasteiger partial charge in [0.05, 0.1) is 39.0 Å². The first kappa shape index (κ1) is 25.1. The number of H-pyrrole nitrogens is 1. The van der Waals surface area contributed by atoms with Gasteiger partial charge in [-0.2, -0.15) is 0 Å². The molecule has 0 unspecified atom stereocenters. The average molecular weight is 540 g/mol. The van der Waals surface area contributed by atoms with Gasteiger partial charge in [-0.25, -0.2) is 19.7 Å². The number of carbonyl (C=O) groups is 1. The van der Waals surface area contributed by atoms with E-state index in [1.54, 1.807) is 18.2 Å². The van der Waals surface area contributed by atoms with Gasteiger partial charge < -0.3 is 10.1 Å². The van der Waals surface area contributed by atoms with Gasteiger partial charge in [-0.05, 0) is 61.8 Å². The van der Waals surface area contributed by atoms with Gasteiger partial charge in [-0.3, -0.25) is 4.90 Å². The largest absolute Gasteiger partial charge is 0.478 e. The molecular weight excluding hydrogens is 510 g/mol. The first-order valence-electron chi connectivity index (χ1n) is 14.0. The predicted molar refractivity (Wildman–Crippen MR) is 161 cm³/mol. The average Bonchev–Trinajstić information content (AvgIpc) is 3.46. The number of aromatic carboxylic acids is 1. The van der Waals surface area contributed by atoms with Gasteiger partial charge in [0.25, 0.3) is 0 Å². The van der Waals surface area contributed by atoms with E-state index in [1.807, 2.05) is 42.5 Å². The van der Waals surface area contributed by atoms with Crippen LogP contribution in [0.2, 0.25) is 0 Å². The van der Waals surface area contributed by atoms with E-state index in [2.05, 4.69) is 46.3 Å². The Morgan fingerprint density at radius 1 is 0.756 bits per heavy atom. The summed E-state index contributed by atoms with van der Waals surface area (Å²) in [5.74, 6) is 0.593. The highest BCUT2D eigenvalue weighted by Gasteiger charge is 2.23. The lowest BCUT2D eigenvalue weighted by molar-refractivity contribution is 0.0697. The number of likely N-dealkylation sites (tertiary alicyclic amines) is 1. The molecule has 7 heteroatoms. The van der Waals surface area contributed by atoms with E-state index >= 15 is 0 Å². The fourth-order valence-corrected chi connectivity index (χ4v) is 5.74. The number of imidazole rings is 1. The number of carboxylic acid groups (broad SMARTS) is 1. The summed E-state index contributed by atoms with van der Waals surface area (Å²) in [5, 5.41) is 9.47. The molecule has 7 rings (SSSR count). The highest BCUT2D eigenvalue weighted by atomic mass is 16.4. The third-order valence-corrected chi connectivity index (χ3v) is 7.97. The van der Waals surface area contributed by atoms with Crippen LogP contribution in [0.4, 0.5) is 0 Å². The third kappa shape index (κ3) is 5.08. The van der Waals surface area contributed by atoms with Crippen LogP contribution in [-0.2, 0) is 6.54 Å². The van der Waals surface area contributed by atoms with Gasteiger partial charge in [-0.15, -0.1) is 0 Å². The first-order valence-corrected chi connectivity index (χ1v) is 14.0. The van der Waals surface area contributed by atoms with Crippen molar-refractivity contribution in [2.45, 2.75) is 25.3 Å². The molecule has 0 spiro atoms. The summed E-state index contributed by atoms with van der Waals surface area (Å²) in [7, 11) is 0. The Kier molecular flexibility index (Phi) is 6.49. The summed E-state index contributed by atoms with van der Waals surface area (Å²) in [6, 6.07) is 31.6. The number of hydrogen-bond donors (Lipinski definition) is 2. The Labute approximate surface area is 237 Å². The molecule has 2 aromatic heterocycles. The van der Waals surface area contributed by atoms with Crippen molar-refractivity contribution < 1.29 is 9.90 Å². The minimum Gasteiger partial charge on any atom is -0.478 e. The number of benzene rings is 4. The van der Waals surface area contributed by atoms with E-state index in [0.717, 1.165) is 71.8 Å². The molecule has 0 radical (unpaired) electrons. The minimum atomic E-state index is -0.978. The van der Waals surface area contributed by atoms with Crippen molar-refractivity contribution >= 4 is 28.0 Å². The summed E-state index contributed by atoms with van der Waals surface area (Å²) >= 11 is 0. The molecule has 0 aliphatic carbocycles. The van der Waals surface area contributed by atoms with Crippen LogP contribution < -0.4 is 0 Å². The zero-order valence-corrected chi connectivity index (χ0v) is 22.5. The van der Waals surface area contributed by atoms with Crippen molar-refractivity contribution in [3.05, 3.63) is 114 Å². The van der Waals surface area contributed by atoms with Gasteiger partial charge in [0, 0.05) is 23.6 Å². The maximum Gasteiger partial charge on any atom is 0.335 e. The SMILES string of the molecule is O=C(O)c1ccc2nc(-c3ccccc3)c(-c3ccc(CN4CCC(c5nc6ccccc6[nH]5)CC4)cc3)nc2c1. The molecule has 0 bridgehead atoms. The summed E-state index contributed by atoms with van der Waals surface area (Å²) in [6.45, 7) is 2.96. The second-order valence-electron chi connectivity index (χ2n) is 10.7. The van der Waals surface area contributed by atoms with Crippen LogP contribution in [0.15, 0.2) is 97.1 Å².